The zero-order valence-corrected chi connectivity index (χ0v) is 12.9. The predicted octanol–water partition coefficient (Wildman–Crippen LogP) is 3.49. The van der Waals surface area contributed by atoms with Crippen molar-refractivity contribution < 1.29 is 0 Å². The third kappa shape index (κ3) is 2.29. The van der Waals surface area contributed by atoms with Crippen LogP contribution in [0.1, 0.15) is 12.0 Å². The monoisotopic (exact) mass is 312 g/mol. The van der Waals surface area contributed by atoms with Crippen LogP contribution < -0.4 is 10.7 Å². The van der Waals surface area contributed by atoms with Crippen LogP contribution in [-0.2, 0) is 0 Å². The van der Waals surface area contributed by atoms with Gasteiger partial charge >= 0.3 is 0 Å². The highest BCUT2D eigenvalue weighted by molar-refractivity contribution is 6.31. The fourth-order valence-electron chi connectivity index (χ4n) is 3.09. The molecule has 2 aromatic carbocycles. The average molecular weight is 313 g/mol. The number of hydrogen-bond acceptors (Lipinski definition) is 4. The normalized spacial score (nSPS) is 20.6. The second-order valence-corrected chi connectivity index (χ2v) is 6.16. The van der Waals surface area contributed by atoms with Gasteiger partial charge in [0.15, 0.2) is 0 Å². The van der Waals surface area contributed by atoms with Crippen LogP contribution in [-0.4, -0.2) is 30.4 Å². The van der Waals surface area contributed by atoms with Gasteiger partial charge in [-0.25, -0.2) is 5.01 Å². The third-order valence-corrected chi connectivity index (χ3v) is 4.39. The summed E-state index contributed by atoms with van der Waals surface area (Å²) in [6, 6.07) is 14.3. The number of halogens is 1. The molecule has 0 bridgehead atoms. The molecule has 2 aliphatic heterocycles. The lowest BCUT2D eigenvalue weighted by Crippen LogP contribution is -2.39. The molecule has 2 N–H and O–H groups in total. The summed E-state index contributed by atoms with van der Waals surface area (Å²) in [5, 5.41) is 5.23. The van der Waals surface area contributed by atoms with E-state index < -0.39 is 0 Å². The van der Waals surface area contributed by atoms with Crippen molar-refractivity contribution in [3.05, 3.63) is 53.1 Å². The number of anilines is 2. The Morgan fingerprint density at radius 2 is 2.00 bits per heavy atom. The zero-order chi connectivity index (χ0) is 15.1. The second-order valence-electron chi connectivity index (χ2n) is 5.72. The van der Waals surface area contributed by atoms with Gasteiger partial charge in [0.05, 0.1) is 17.1 Å². The Labute approximate surface area is 134 Å². The van der Waals surface area contributed by atoms with Crippen molar-refractivity contribution >= 4 is 34.9 Å². The Morgan fingerprint density at radius 1 is 1.14 bits per heavy atom. The molecule has 1 atom stereocenters. The molecule has 22 heavy (non-hydrogen) atoms. The highest BCUT2D eigenvalue weighted by Gasteiger charge is 2.29. The minimum absolute atomic E-state index is 0.215. The molecule has 4 rings (SSSR count). The van der Waals surface area contributed by atoms with Gasteiger partial charge in [-0.2, -0.15) is 0 Å². The minimum atomic E-state index is 0.215. The van der Waals surface area contributed by atoms with Crippen LogP contribution in [0.15, 0.2) is 47.5 Å². The number of nitrogens with zero attached hydrogens (tertiary/aromatic N) is 3. The van der Waals surface area contributed by atoms with Crippen molar-refractivity contribution in [1.82, 2.24) is 5.01 Å². The van der Waals surface area contributed by atoms with Crippen molar-refractivity contribution in [2.24, 2.45) is 10.7 Å². The Balaban J connectivity index is 1.89. The van der Waals surface area contributed by atoms with Crippen LogP contribution in [0.3, 0.4) is 0 Å². The number of hydrazine groups is 1. The molecule has 4 nitrogen and oxygen atoms in total. The molecule has 5 heteroatoms. The van der Waals surface area contributed by atoms with Gasteiger partial charge in [0.1, 0.15) is 0 Å². The van der Waals surface area contributed by atoms with Crippen molar-refractivity contribution in [1.29, 1.82) is 0 Å². The van der Waals surface area contributed by atoms with E-state index in [0.29, 0.717) is 5.02 Å². The van der Waals surface area contributed by atoms with Crippen molar-refractivity contribution in [3.8, 4) is 0 Å². The maximum absolute atomic E-state index is 6.15. The molecule has 2 heterocycles. The summed E-state index contributed by atoms with van der Waals surface area (Å²) in [5.74, 6) is 0. The van der Waals surface area contributed by atoms with Crippen LogP contribution in [0.25, 0.3) is 0 Å². The molecule has 112 valence electrons. The Hall–Kier alpha value is -1.88. The van der Waals surface area contributed by atoms with Crippen LogP contribution in [0.2, 0.25) is 5.02 Å². The lowest BCUT2D eigenvalue weighted by Gasteiger charge is -2.34. The summed E-state index contributed by atoms with van der Waals surface area (Å²) < 4.78 is 0. The Bertz CT molecular complexity index is 743. The average Bonchev–Trinajstić information content (AvgIpc) is 2.87. The fourth-order valence-corrected chi connectivity index (χ4v) is 3.26. The van der Waals surface area contributed by atoms with Crippen molar-refractivity contribution in [2.45, 2.75) is 12.5 Å². The summed E-state index contributed by atoms with van der Waals surface area (Å²) in [6.07, 6.45) is 2.91. The van der Waals surface area contributed by atoms with E-state index in [0.717, 1.165) is 42.1 Å². The first kappa shape index (κ1) is 13.8. The van der Waals surface area contributed by atoms with E-state index in [1.54, 1.807) is 0 Å². The maximum atomic E-state index is 6.15. The smallest absolute Gasteiger partial charge is 0.0896 e. The number of fused-ring (bicyclic) bond motifs is 2. The molecule has 0 spiro atoms. The van der Waals surface area contributed by atoms with E-state index in [1.807, 2.05) is 30.5 Å². The highest BCUT2D eigenvalue weighted by atomic mass is 35.5. The van der Waals surface area contributed by atoms with Gasteiger partial charge in [-0.15, -0.1) is 0 Å². The Kier molecular flexibility index (Phi) is 3.37. The second kappa shape index (κ2) is 5.39. The van der Waals surface area contributed by atoms with Crippen molar-refractivity contribution in [2.75, 3.05) is 18.1 Å². The van der Waals surface area contributed by atoms with Crippen LogP contribution >= 0.6 is 11.6 Å². The molecule has 0 aliphatic carbocycles. The molecule has 0 aromatic heterocycles. The first-order valence-corrected chi connectivity index (χ1v) is 7.83. The molecule has 2 aliphatic rings. The first-order valence-electron chi connectivity index (χ1n) is 7.45. The molecule has 0 radical (unpaired) electrons. The summed E-state index contributed by atoms with van der Waals surface area (Å²) in [6.45, 7) is 1.79. The number of nitrogens with two attached hydrogens (primary N) is 1. The highest BCUT2D eigenvalue weighted by Crippen LogP contribution is 2.41. The molecular formula is C17H17ClN4. The van der Waals surface area contributed by atoms with Crippen molar-refractivity contribution in [3.63, 3.8) is 0 Å². The fraction of sp³-hybridized carbons (Fsp3) is 0.235. The van der Waals surface area contributed by atoms with E-state index >= 15 is 0 Å². The molecular weight excluding hydrogens is 296 g/mol. The number of rotatable bonds is 1. The topological polar surface area (TPSA) is 44.9 Å². The largest absolute Gasteiger partial charge is 0.326 e. The number of aliphatic imine (C=N–C) groups is 1. The van der Waals surface area contributed by atoms with Crippen LogP contribution in [0.5, 0.6) is 0 Å². The van der Waals surface area contributed by atoms with Gasteiger partial charge in [-0.05, 0) is 30.7 Å². The van der Waals surface area contributed by atoms with Gasteiger partial charge in [0.2, 0.25) is 0 Å². The minimum Gasteiger partial charge on any atom is -0.326 e. The molecule has 1 unspecified atom stereocenters. The molecule has 0 saturated carbocycles. The quantitative estimate of drug-likeness (QED) is 0.876. The van der Waals surface area contributed by atoms with E-state index in [-0.39, 0.29) is 6.04 Å². The molecule has 1 fully saturated rings. The SMILES string of the molecule is NC1CCN(N2c3ccccc3C=Nc3cc(Cl)ccc32)C1. The lowest BCUT2D eigenvalue weighted by atomic mass is 10.2. The first-order chi connectivity index (χ1) is 10.7. The molecule has 2 aromatic rings. The standard InChI is InChI=1S/C17H17ClN4/c18-13-5-6-17-15(9-13)20-10-12-3-1-2-4-16(12)22(17)21-8-7-14(19)11-21/h1-6,9-10,14H,7-8,11,19H2. The maximum Gasteiger partial charge on any atom is 0.0896 e. The number of hydrogen-bond donors (Lipinski definition) is 1. The molecule has 0 amide bonds. The van der Waals surface area contributed by atoms with E-state index in [1.165, 1.54) is 0 Å². The van der Waals surface area contributed by atoms with Crippen LogP contribution in [0.4, 0.5) is 17.1 Å². The Morgan fingerprint density at radius 3 is 2.82 bits per heavy atom. The summed E-state index contributed by atoms with van der Waals surface area (Å²) in [5.41, 5.74) is 10.3. The zero-order valence-electron chi connectivity index (χ0n) is 12.1. The van der Waals surface area contributed by atoms with Gasteiger partial charge in [-0.3, -0.25) is 10.0 Å². The summed E-state index contributed by atoms with van der Waals surface area (Å²) in [7, 11) is 0. The number of benzene rings is 2. The van der Waals surface area contributed by atoms with Gasteiger partial charge in [0.25, 0.3) is 0 Å². The van der Waals surface area contributed by atoms with E-state index in [2.05, 4.69) is 33.2 Å². The van der Waals surface area contributed by atoms with E-state index in [4.69, 9.17) is 17.3 Å². The lowest BCUT2D eigenvalue weighted by molar-refractivity contribution is 0.341. The summed E-state index contributed by atoms with van der Waals surface area (Å²) >= 11 is 6.15. The summed E-state index contributed by atoms with van der Waals surface area (Å²) in [4.78, 5) is 4.62. The predicted molar refractivity (Wildman–Crippen MR) is 91.5 cm³/mol. The van der Waals surface area contributed by atoms with Gasteiger partial charge in [-0.1, -0.05) is 29.8 Å². The van der Waals surface area contributed by atoms with E-state index in [9.17, 15) is 0 Å². The van der Waals surface area contributed by atoms with Crippen LogP contribution in [0, 0.1) is 0 Å². The van der Waals surface area contributed by atoms with Gasteiger partial charge in [0, 0.05) is 35.9 Å². The van der Waals surface area contributed by atoms with Gasteiger partial charge < -0.3 is 5.73 Å². The third-order valence-electron chi connectivity index (χ3n) is 4.16. The molecule has 1 saturated heterocycles. The number of para-hydroxylation sites is 1.